The fraction of sp³-hybridized carbons (Fsp3) is 0.562. The van der Waals surface area contributed by atoms with Gasteiger partial charge in [-0.1, -0.05) is 44.2 Å². The second-order valence-corrected chi connectivity index (χ2v) is 5.67. The molecule has 1 aromatic rings. The smallest absolute Gasteiger partial charge is 0.136 e. The Morgan fingerprint density at radius 2 is 1.94 bits per heavy atom. The fourth-order valence-electron chi connectivity index (χ4n) is 2.94. The third kappa shape index (κ3) is 3.18. The molecule has 0 aromatic heterocycles. The van der Waals surface area contributed by atoms with Crippen molar-refractivity contribution in [3.8, 4) is 0 Å². The van der Waals surface area contributed by atoms with Gasteiger partial charge in [0.25, 0.3) is 0 Å². The topological polar surface area (TPSA) is 17.1 Å². The summed E-state index contributed by atoms with van der Waals surface area (Å²) in [4.78, 5) is 11.9. The van der Waals surface area contributed by atoms with Crippen LogP contribution in [0.25, 0.3) is 0 Å². The highest BCUT2D eigenvalue weighted by Gasteiger charge is 2.29. The van der Waals surface area contributed by atoms with E-state index in [4.69, 9.17) is 0 Å². The van der Waals surface area contributed by atoms with E-state index in [9.17, 15) is 4.79 Å². The molecule has 0 bridgehead atoms. The summed E-state index contributed by atoms with van der Waals surface area (Å²) in [6.45, 7) is 4.42. The van der Waals surface area contributed by atoms with Gasteiger partial charge in [0.2, 0.25) is 0 Å². The highest BCUT2D eigenvalue weighted by atomic mass is 16.1. The minimum atomic E-state index is 0.300. The lowest BCUT2D eigenvalue weighted by Crippen LogP contribution is -2.25. The summed E-state index contributed by atoms with van der Waals surface area (Å²) in [5.41, 5.74) is 1.41. The molecule has 1 fully saturated rings. The number of rotatable bonds is 3. The second-order valence-electron chi connectivity index (χ2n) is 5.67. The van der Waals surface area contributed by atoms with E-state index in [-0.39, 0.29) is 0 Å². The Kier molecular flexibility index (Phi) is 3.98. The Morgan fingerprint density at radius 3 is 2.59 bits per heavy atom. The number of carbonyl (C=O) groups is 1. The van der Waals surface area contributed by atoms with Crippen LogP contribution in [0.1, 0.15) is 51.0 Å². The first-order chi connectivity index (χ1) is 8.16. The van der Waals surface area contributed by atoms with Crippen LogP contribution < -0.4 is 0 Å². The molecular formula is C16H22O. The maximum atomic E-state index is 11.9. The lowest BCUT2D eigenvalue weighted by molar-refractivity contribution is -0.125. The zero-order valence-corrected chi connectivity index (χ0v) is 10.9. The van der Waals surface area contributed by atoms with Crippen LogP contribution in [0.4, 0.5) is 0 Å². The van der Waals surface area contributed by atoms with Crippen LogP contribution in [-0.2, 0) is 4.79 Å². The standard InChI is InChI=1S/C16H22O/c1-12(2)10-15-11-14(8-9-16(15)17)13-6-4-3-5-7-13/h3-7,12,14-15H,8-11H2,1-2H3. The van der Waals surface area contributed by atoms with Crippen LogP contribution in [0.5, 0.6) is 0 Å². The fourth-order valence-corrected chi connectivity index (χ4v) is 2.94. The van der Waals surface area contributed by atoms with Crippen LogP contribution in [0, 0.1) is 11.8 Å². The quantitative estimate of drug-likeness (QED) is 0.761. The van der Waals surface area contributed by atoms with Crippen LogP contribution in [0.15, 0.2) is 30.3 Å². The molecular weight excluding hydrogens is 208 g/mol. The van der Waals surface area contributed by atoms with Crippen LogP contribution >= 0.6 is 0 Å². The summed E-state index contributed by atoms with van der Waals surface area (Å²) < 4.78 is 0. The maximum Gasteiger partial charge on any atom is 0.136 e. The van der Waals surface area contributed by atoms with Gasteiger partial charge in [-0.25, -0.2) is 0 Å². The Labute approximate surface area is 104 Å². The van der Waals surface area contributed by atoms with Gasteiger partial charge in [-0.2, -0.15) is 0 Å². The number of hydrogen-bond donors (Lipinski definition) is 0. The Morgan fingerprint density at radius 1 is 1.24 bits per heavy atom. The molecule has 2 unspecified atom stereocenters. The van der Waals surface area contributed by atoms with Crippen LogP contribution in [0.2, 0.25) is 0 Å². The predicted molar refractivity (Wildman–Crippen MR) is 71.0 cm³/mol. The van der Waals surface area contributed by atoms with Gasteiger partial charge in [0, 0.05) is 12.3 Å². The Hall–Kier alpha value is -1.11. The van der Waals surface area contributed by atoms with Crippen molar-refractivity contribution in [1.29, 1.82) is 0 Å². The van der Waals surface area contributed by atoms with E-state index in [1.165, 1.54) is 5.56 Å². The summed E-state index contributed by atoms with van der Waals surface area (Å²) in [7, 11) is 0. The molecule has 17 heavy (non-hydrogen) atoms. The molecule has 0 radical (unpaired) electrons. The molecule has 0 N–H and O–H groups in total. The maximum absolute atomic E-state index is 11.9. The van der Waals surface area contributed by atoms with E-state index in [0.717, 1.165) is 25.7 Å². The van der Waals surface area contributed by atoms with E-state index in [1.807, 2.05) is 0 Å². The first kappa shape index (κ1) is 12.3. The molecule has 0 aliphatic heterocycles. The molecule has 1 aromatic carbocycles. The van der Waals surface area contributed by atoms with Crippen molar-refractivity contribution >= 4 is 5.78 Å². The van der Waals surface area contributed by atoms with Gasteiger partial charge >= 0.3 is 0 Å². The van der Waals surface area contributed by atoms with E-state index in [1.54, 1.807) is 0 Å². The van der Waals surface area contributed by atoms with E-state index >= 15 is 0 Å². The SMILES string of the molecule is CC(C)CC1CC(c2ccccc2)CCC1=O. The van der Waals surface area contributed by atoms with Crippen LogP contribution in [0.3, 0.4) is 0 Å². The van der Waals surface area contributed by atoms with Crippen molar-refractivity contribution in [2.75, 3.05) is 0 Å². The lowest BCUT2D eigenvalue weighted by Gasteiger charge is -2.29. The van der Waals surface area contributed by atoms with Gasteiger partial charge in [0.15, 0.2) is 0 Å². The highest BCUT2D eigenvalue weighted by Crippen LogP contribution is 2.36. The van der Waals surface area contributed by atoms with Gasteiger partial charge in [-0.3, -0.25) is 4.79 Å². The summed E-state index contributed by atoms with van der Waals surface area (Å²) in [6, 6.07) is 10.7. The van der Waals surface area contributed by atoms with Crippen LogP contribution in [-0.4, -0.2) is 5.78 Å². The Balaban J connectivity index is 2.05. The average Bonchev–Trinajstić information content (AvgIpc) is 2.32. The zero-order valence-electron chi connectivity index (χ0n) is 10.9. The molecule has 0 saturated heterocycles. The van der Waals surface area contributed by atoms with Gasteiger partial charge in [-0.05, 0) is 36.7 Å². The van der Waals surface area contributed by atoms with E-state index in [0.29, 0.717) is 23.5 Å². The lowest BCUT2D eigenvalue weighted by atomic mass is 9.74. The molecule has 1 heteroatoms. The third-order valence-electron chi connectivity index (χ3n) is 3.79. The van der Waals surface area contributed by atoms with Crippen molar-refractivity contribution in [3.63, 3.8) is 0 Å². The van der Waals surface area contributed by atoms with Gasteiger partial charge in [0.1, 0.15) is 5.78 Å². The van der Waals surface area contributed by atoms with Crippen molar-refractivity contribution in [2.24, 2.45) is 11.8 Å². The molecule has 0 heterocycles. The summed E-state index contributed by atoms with van der Waals surface area (Å²) >= 11 is 0. The first-order valence-corrected chi connectivity index (χ1v) is 6.74. The highest BCUT2D eigenvalue weighted by molar-refractivity contribution is 5.82. The minimum Gasteiger partial charge on any atom is -0.299 e. The van der Waals surface area contributed by atoms with E-state index < -0.39 is 0 Å². The number of benzene rings is 1. The molecule has 2 atom stereocenters. The number of carbonyl (C=O) groups excluding carboxylic acids is 1. The summed E-state index contributed by atoms with van der Waals surface area (Å²) in [6.07, 6.45) is 3.93. The third-order valence-corrected chi connectivity index (χ3v) is 3.79. The largest absolute Gasteiger partial charge is 0.299 e. The minimum absolute atomic E-state index is 0.300. The monoisotopic (exact) mass is 230 g/mol. The van der Waals surface area contributed by atoms with Gasteiger partial charge in [0.05, 0.1) is 0 Å². The number of Topliss-reactive ketones (excluding diaryl/α,β-unsaturated/α-hetero) is 1. The van der Waals surface area contributed by atoms with E-state index in [2.05, 4.69) is 44.2 Å². The molecule has 0 spiro atoms. The first-order valence-electron chi connectivity index (χ1n) is 6.74. The average molecular weight is 230 g/mol. The van der Waals surface area contributed by atoms with Crippen molar-refractivity contribution in [1.82, 2.24) is 0 Å². The normalized spacial score (nSPS) is 25.2. The number of hydrogen-bond acceptors (Lipinski definition) is 1. The molecule has 1 nitrogen and oxygen atoms in total. The molecule has 1 saturated carbocycles. The zero-order chi connectivity index (χ0) is 12.3. The van der Waals surface area contributed by atoms with Gasteiger partial charge < -0.3 is 0 Å². The summed E-state index contributed by atoms with van der Waals surface area (Å²) in [5.74, 6) is 2.01. The number of ketones is 1. The van der Waals surface area contributed by atoms with Gasteiger partial charge in [-0.15, -0.1) is 0 Å². The van der Waals surface area contributed by atoms with Crippen molar-refractivity contribution < 1.29 is 4.79 Å². The van der Waals surface area contributed by atoms with Crippen molar-refractivity contribution in [2.45, 2.75) is 45.4 Å². The van der Waals surface area contributed by atoms with Crippen molar-refractivity contribution in [3.05, 3.63) is 35.9 Å². The molecule has 92 valence electrons. The molecule has 1 aliphatic carbocycles. The molecule has 0 amide bonds. The Bertz CT molecular complexity index is 366. The second kappa shape index (κ2) is 5.48. The molecule has 2 rings (SSSR count). The molecule has 1 aliphatic rings. The summed E-state index contributed by atoms with van der Waals surface area (Å²) in [5, 5.41) is 0. The predicted octanol–water partition coefficient (Wildman–Crippen LogP) is 4.19.